The smallest absolute Gasteiger partial charge is 0.274 e. The molecule has 2 aromatic rings. The fourth-order valence-corrected chi connectivity index (χ4v) is 1.89. The van der Waals surface area contributed by atoms with Crippen LogP contribution in [0, 0.1) is 20.2 Å². The van der Waals surface area contributed by atoms with Gasteiger partial charge in [0.1, 0.15) is 0 Å². The van der Waals surface area contributed by atoms with Gasteiger partial charge >= 0.3 is 0 Å². The monoisotopic (exact) mass is 361 g/mol. The number of benzene rings is 2. The Balaban J connectivity index is 0.000000597. The van der Waals surface area contributed by atoms with Crippen LogP contribution in [0.25, 0.3) is 0 Å². The van der Waals surface area contributed by atoms with E-state index < -0.39 is 9.85 Å². The Morgan fingerprint density at radius 1 is 0.923 bits per heavy atom. The molecule has 0 amide bonds. The lowest BCUT2D eigenvalue weighted by Gasteiger charge is -2.06. The van der Waals surface area contributed by atoms with Crippen LogP contribution in [0.5, 0.6) is 0 Å². The predicted octanol–water partition coefficient (Wildman–Crippen LogP) is 4.08. The molecule has 0 heterocycles. The second-order valence-corrected chi connectivity index (χ2v) is 5.31. The van der Waals surface area contributed by atoms with E-state index in [2.05, 4.69) is 5.16 Å². The molecule has 0 aromatic heterocycles. The Labute approximate surface area is 149 Å². The first-order valence-corrected chi connectivity index (χ1v) is 7.54. The zero-order valence-corrected chi connectivity index (χ0v) is 14.4. The number of hydrogen-bond donors (Lipinski definition) is 1. The largest absolute Gasteiger partial charge is 0.411 e. The van der Waals surface area contributed by atoms with Gasteiger partial charge in [-0.25, -0.2) is 0 Å². The van der Waals surface area contributed by atoms with Gasteiger partial charge in [0.2, 0.25) is 0 Å². The quantitative estimate of drug-likeness (QED) is 0.357. The summed E-state index contributed by atoms with van der Waals surface area (Å²) >= 11 is 0. The molecule has 0 aliphatic carbocycles. The van der Waals surface area contributed by atoms with E-state index in [1.165, 1.54) is 12.1 Å². The third kappa shape index (κ3) is 6.65. The molecular formula is C17H19N3O6. The fourth-order valence-electron chi connectivity index (χ4n) is 1.89. The van der Waals surface area contributed by atoms with Gasteiger partial charge in [0.15, 0.2) is 0 Å². The van der Waals surface area contributed by atoms with Gasteiger partial charge in [-0.1, -0.05) is 29.4 Å². The summed E-state index contributed by atoms with van der Waals surface area (Å²) in [6.07, 6.45) is 0. The normalized spacial score (nSPS) is 9.62. The SMILES string of the molecule is CC(C)=NO.O=[N+]([O-])c1ccccc1COCc1ccccc1[N+](=O)[O-]. The summed E-state index contributed by atoms with van der Waals surface area (Å²) in [6.45, 7) is 3.48. The maximum atomic E-state index is 10.9. The van der Waals surface area contributed by atoms with Crippen LogP contribution in [0.15, 0.2) is 53.7 Å². The van der Waals surface area contributed by atoms with Crippen molar-refractivity contribution in [2.45, 2.75) is 27.1 Å². The van der Waals surface area contributed by atoms with Crippen LogP contribution in [-0.4, -0.2) is 20.8 Å². The molecule has 0 atom stereocenters. The Hall–Kier alpha value is -3.33. The molecule has 0 aliphatic rings. The zero-order valence-electron chi connectivity index (χ0n) is 14.4. The van der Waals surface area contributed by atoms with Crippen molar-refractivity contribution < 1.29 is 19.8 Å². The van der Waals surface area contributed by atoms with E-state index in [0.717, 1.165) is 0 Å². The van der Waals surface area contributed by atoms with Crippen LogP contribution in [0.4, 0.5) is 11.4 Å². The molecule has 9 heteroatoms. The third-order valence-corrected chi connectivity index (χ3v) is 3.09. The lowest BCUT2D eigenvalue weighted by Crippen LogP contribution is -2.01. The molecule has 0 aliphatic heterocycles. The number of oxime groups is 1. The summed E-state index contributed by atoms with van der Waals surface area (Å²) in [6, 6.07) is 12.5. The molecule has 0 bridgehead atoms. The van der Waals surface area contributed by atoms with Crippen molar-refractivity contribution in [1.82, 2.24) is 0 Å². The number of para-hydroxylation sites is 2. The molecule has 2 aromatic carbocycles. The van der Waals surface area contributed by atoms with Gasteiger partial charge in [-0.05, 0) is 26.0 Å². The maximum absolute atomic E-state index is 10.9. The highest BCUT2D eigenvalue weighted by molar-refractivity contribution is 5.78. The van der Waals surface area contributed by atoms with Crippen molar-refractivity contribution in [2.24, 2.45) is 5.16 Å². The van der Waals surface area contributed by atoms with Crippen molar-refractivity contribution in [3.8, 4) is 0 Å². The molecular weight excluding hydrogens is 342 g/mol. The lowest BCUT2D eigenvalue weighted by molar-refractivity contribution is -0.386. The summed E-state index contributed by atoms with van der Waals surface area (Å²) < 4.78 is 5.38. The van der Waals surface area contributed by atoms with Gasteiger partial charge in [-0.3, -0.25) is 20.2 Å². The van der Waals surface area contributed by atoms with Crippen molar-refractivity contribution in [3.63, 3.8) is 0 Å². The number of rotatable bonds is 6. The average molecular weight is 361 g/mol. The second-order valence-electron chi connectivity index (χ2n) is 5.31. The zero-order chi connectivity index (χ0) is 19.5. The van der Waals surface area contributed by atoms with Crippen LogP contribution in [0.3, 0.4) is 0 Å². The molecule has 0 fully saturated rings. The summed E-state index contributed by atoms with van der Waals surface area (Å²) in [5.41, 5.74) is 1.49. The van der Waals surface area contributed by atoms with Crippen molar-refractivity contribution in [3.05, 3.63) is 79.9 Å². The van der Waals surface area contributed by atoms with Crippen molar-refractivity contribution in [2.75, 3.05) is 0 Å². The first kappa shape index (κ1) is 20.7. The molecule has 1 N–H and O–H groups in total. The Morgan fingerprint density at radius 3 is 1.58 bits per heavy atom. The molecule has 0 unspecified atom stereocenters. The van der Waals surface area contributed by atoms with Gasteiger partial charge in [-0.15, -0.1) is 0 Å². The first-order chi connectivity index (χ1) is 12.4. The first-order valence-electron chi connectivity index (χ1n) is 7.54. The van der Waals surface area contributed by atoms with Gasteiger partial charge < -0.3 is 9.94 Å². The highest BCUT2D eigenvalue weighted by Crippen LogP contribution is 2.21. The molecule has 0 saturated heterocycles. The van der Waals surface area contributed by atoms with Gasteiger partial charge in [-0.2, -0.15) is 0 Å². The van der Waals surface area contributed by atoms with E-state index in [-0.39, 0.29) is 24.6 Å². The summed E-state index contributed by atoms with van der Waals surface area (Å²) in [7, 11) is 0. The highest BCUT2D eigenvalue weighted by atomic mass is 16.6. The van der Waals surface area contributed by atoms with Crippen LogP contribution in [0.2, 0.25) is 0 Å². The number of hydrogen-bond acceptors (Lipinski definition) is 7. The van der Waals surface area contributed by atoms with Crippen LogP contribution >= 0.6 is 0 Å². The van der Waals surface area contributed by atoms with Crippen LogP contribution in [0.1, 0.15) is 25.0 Å². The number of nitro groups is 2. The Kier molecular flexibility index (Phi) is 8.38. The molecule has 138 valence electrons. The second kappa shape index (κ2) is 10.5. The van der Waals surface area contributed by atoms with Crippen LogP contribution in [-0.2, 0) is 18.0 Å². The number of nitro benzene ring substituents is 2. The van der Waals surface area contributed by atoms with Crippen LogP contribution < -0.4 is 0 Å². The van der Waals surface area contributed by atoms with E-state index in [4.69, 9.17) is 9.94 Å². The minimum Gasteiger partial charge on any atom is -0.411 e. The summed E-state index contributed by atoms with van der Waals surface area (Å²) in [4.78, 5) is 20.8. The standard InChI is InChI=1S/C14H12N2O5.C3H7NO/c17-15(18)13-7-3-1-5-11(13)9-21-10-12-6-2-4-8-14(12)16(19)20;1-3(2)4-5/h1-8H,9-10H2;5H,1-2H3. The predicted molar refractivity (Wildman–Crippen MR) is 95.3 cm³/mol. The lowest BCUT2D eigenvalue weighted by atomic mass is 10.2. The molecule has 9 nitrogen and oxygen atoms in total. The minimum atomic E-state index is -0.482. The van der Waals surface area contributed by atoms with E-state index in [1.807, 2.05) is 0 Å². The average Bonchev–Trinajstić information content (AvgIpc) is 2.62. The topological polar surface area (TPSA) is 128 Å². The van der Waals surface area contributed by atoms with E-state index in [0.29, 0.717) is 16.8 Å². The number of ether oxygens (including phenoxy) is 1. The van der Waals surface area contributed by atoms with E-state index in [9.17, 15) is 20.2 Å². The minimum absolute atomic E-state index is 0.0171. The maximum Gasteiger partial charge on any atom is 0.274 e. The van der Waals surface area contributed by atoms with Crippen molar-refractivity contribution in [1.29, 1.82) is 0 Å². The highest BCUT2D eigenvalue weighted by Gasteiger charge is 2.14. The number of nitrogens with zero attached hydrogens (tertiary/aromatic N) is 3. The van der Waals surface area contributed by atoms with Gasteiger partial charge in [0, 0.05) is 12.1 Å². The Morgan fingerprint density at radius 2 is 1.27 bits per heavy atom. The fraction of sp³-hybridized carbons (Fsp3) is 0.235. The molecule has 0 radical (unpaired) electrons. The molecule has 0 saturated carbocycles. The molecule has 0 spiro atoms. The Bertz CT molecular complexity index is 730. The summed E-state index contributed by atoms with van der Waals surface area (Å²) in [5, 5.41) is 32.3. The van der Waals surface area contributed by atoms with E-state index in [1.54, 1.807) is 50.2 Å². The van der Waals surface area contributed by atoms with Gasteiger partial charge in [0.25, 0.3) is 11.4 Å². The van der Waals surface area contributed by atoms with Gasteiger partial charge in [0.05, 0.1) is 39.9 Å². The molecule has 26 heavy (non-hydrogen) atoms. The van der Waals surface area contributed by atoms with Crippen molar-refractivity contribution >= 4 is 17.1 Å². The van der Waals surface area contributed by atoms with E-state index >= 15 is 0 Å². The summed E-state index contributed by atoms with van der Waals surface area (Å²) in [5.74, 6) is 0. The molecule has 2 rings (SSSR count). The third-order valence-electron chi connectivity index (χ3n) is 3.09.